The Morgan fingerprint density at radius 3 is 2.55 bits per heavy atom. The maximum Gasteiger partial charge on any atom is 0.279 e. The second-order valence-corrected chi connectivity index (χ2v) is 10.2. The quantitative estimate of drug-likeness (QED) is 0.451. The van der Waals surface area contributed by atoms with Gasteiger partial charge in [-0.05, 0) is 58.9 Å². The Morgan fingerprint density at radius 1 is 0.970 bits per heavy atom. The Kier molecular flexibility index (Phi) is 4.43. The fourth-order valence-electron chi connectivity index (χ4n) is 6.16. The number of hydrogen-bond donors (Lipinski definition) is 1. The van der Waals surface area contributed by atoms with Crippen molar-refractivity contribution in [3.05, 3.63) is 94.6 Å². The fraction of sp³-hybridized carbons (Fsp3) is 0.333. The second-order valence-electron chi connectivity index (χ2n) is 10.2. The summed E-state index contributed by atoms with van der Waals surface area (Å²) in [4.78, 5) is 2.08. The van der Waals surface area contributed by atoms with E-state index >= 15 is 0 Å². The van der Waals surface area contributed by atoms with E-state index in [-0.39, 0.29) is 17.6 Å². The molecule has 1 N–H and O–H groups in total. The van der Waals surface area contributed by atoms with E-state index in [4.69, 9.17) is 4.74 Å². The number of rotatable bonds is 4. The SMILES string of the molecule is CCCC(C)OC1(O)c2cc3c(cc2C2C=Cc4ccccc4N21)C(C)(C)c1ccccc1-3. The second kappa shape index (κ2) is 7.06. The highest BCUT2D eigenvalue weighted by molar-refractivity contribution is 5.84. The third-order valence-electron chi connectivity index (χ3n) is 7.74. The molecule has 3 aromatic rings. The Balaban J connectivity index is 1.60. The largest absolute Gasteiger partial charge is 0.345 e. The molecule has 0 fully saturated rings. The molecule has 0 bridgehead atoms. The van der Waals surface area contributed by atoms with Crippen LogP contribution in [0.3, 0.4) is 0 Å². The predicted molar refractivity (Wildman–Crippen MR) is 134 cm³/mol. The van der Waals surface area contributed by atoms with E-state index in [0.717, 1.165) is 35.2 Å². The van der Waals surface area contributed by atoms with Crippen molar-refractivity contribution in [3.63, 3.8) is 0 Å². The zero-order valence-electron chi connectivity index (χ0n) is 19.8. The molecule has 2 aliphatic heterocycles. The third kappa shape index (κ3) is 2.76. The molecular formula is C30H31NO2. The number of hydrogen-bond acceptors (Lipinski definition) is 3. The lowest BCUT2D eigenvalue weighted by Gasteiger charge is -2.41. The number of ether oxygens (including phenoxy) is 1. The van der Waals surface area contributed by atoms with E-state index in [0.29, 0.717) is 0 Å². The van der Waals surface area contributed by atoms with Gasteiger partial charge < -0.3 is 14.7 Å². The number of nitrogens with zero attached hydrogens (tertiary/aromatic N) is 1. The molecule has 3 unspecified atom stereocenters. The molecule has 0 saturated carbocycles. The van der Waals surface area contributed by atoms with Crippen molar-refractivity contribution in [2.45, 2.75) is 64.0 Å². The van der Waals surface area contributed by atoms with Gasteiger partial charge in [-0.25, -0.2) is 0 Å². The average molecular weight is 438 g/mol. The lowest BCUT2D eigenvalue weighted by molar-refractivity contribution is -0.233. The van der Waals surface area contributed by atoms with Gasteiger partial charge >= 0.3 is 0 Å². The van der Waals surface area contributed by atoms with E-state index in [1.807, 2.05) is 12.1 Å². The van der Waals surface area contributed by atoms with Crippen molar-refractivity contribution in [2.75, 3.05) is 4.90 Å². The van der Waals surface area contributed by atoms with Crippen LogP contribution < -0.4 is 4.90 Å². The monoisotopic (exact) mass is 437 g/mol. The summed E-state index contributed by atoms with van der Waals surface area (Å²) in [5, 5.41) is 12.4. The molecule has 0 amide bonds. The van der Waals surface area contributed by atoms with Crippen LogP contribution in [-0.2, 0) is 16.1 Å². The first-order chi connectivity index (χ1) is 15.9. The van der Waals surface area contributed by atoms with Crippen molar-refractivity contribution in [2.24, 2.45) is 0 Å². The van der Waals surface area contributed by atoms with Crippen LogP contribution in [0.4, 0.5) is 5.69 Å². The third-order valence-corrected chi connectivity index (χ3v) is 7.74. The Hall–Kier alpha value is -2.88. The smallest absolute Gasteiger partial charge is 0.279 e. The van der Waals surface area contributed by atoms with E-state index in [2.05, 4.69) is 93.3 Å². The Bertz CT molecular complexity index is 1290. The van der Waals surface area contributed by atoms with Crippen LogP contribution >= 0.6 is 0 Å². The molecule has 0 radical (unpaired) electrons. The van der Waals surface area contributed by atoms with Gasteiger partial charge in [0.1, 0.15) is 0 Å². The Morgan fingerprint density at radius 2 is 1.73 bits per heavy atom. The molecule has 3 heteroatoms. The summed E-state index contributed by atoms with van der Waals surface area (Å²) in [6, 6.07) is 21.4. The number of para-hydroxylation sites is 1. The van der Waals surface area contributed by atoms with Gasteiger partial charge in [0.2, 0.25) is 0 Å². The minimum absolute atomic E-state index is 0.0679. The summed E-state index contributed by atoms with van der Waals surface area (Å²) >= 11 is 0. The van der Waals surface area contributed by atoms with Gasteiger partial charge in [0.25, 0.3) is 5.91 Å². The lowest BCUT2D eigenvalue weighted by Crippen LogP contribution is -2.47. The number of fused-ring (bicyclic) bond motifs is 8. The topological polar surface area (TPSA) is 32.7 Å². The molecule has 3 nitrogen and oxygen atoms in total. The molecule has 3 atom stereocenters. The molecule has 6 rings (SSSR count). The van der Waals surface area contributed by atoms with Crippen LogP contribution in [0, 0.1) is 0 Å². The van der Waals surface area contributed by atoms with Crippen molar-refractivity contribution in [1.82, 2.24) is 0 Å². The minimum atomic E-state index is -1.52. The maximum absolute atomic E-state index is 12.4. The molecule has 0 aromatic heterocycles. The minimum Gasteiger partial charge on any atom is -0.345 e. The van der Waals surface area contributed by atoms with Gasteiger partial charge in [-0.2, -0.15) is 0 Å². The normalized spacial score (nSPS) is 24.0. The lowest BCUT2D eigenvalue weighted by atomic mass is 9.81. The summed E-state index contributed by atoms with van der Waals surface area (Å²) in [6.45, 7) is 8.82. The van der Waals surface area contributed by atoms with E-state index in [1.54, 1.807) is 0 Å². The van der Waals surface area contributed by atoms with Crippen LogP contribution in [0.25, 0.3) is 17.2 Å². The molecule has 3 aromatic carbocycles. The molecule has 168 valence electrons. The first-order valence-electron chi connectivity index (χ1n) is 12.1. The standard InChI is InChI=1S/C30H31NO2/c1-5-10-19(2)33-30(32)26-17-22-21-12-7-8-13-24(21)29(3,4)25(22)18-23(26)28-16-15-20-11-6-9-14-27(20)31(28)30/h6-9,11-19,28,32H,5,10H2,1-4H3. The van der Waals surface area contributed by atoms with Crippen molar-refractivity contribution in [3.8, 4) is 11.1 Å². The highest BCUT2D eigenvalue weighted by Crippen LogP contribution is 2.57. The van der Waals surface area contributed by atoms with Crippen LogP contribution in [0.5, 0.6) is 0 Å². The van der Waals surface area contributed by atoms with Gasteiger partial charge in [-0.1, -0.05) is 87.9 Å². The number of anilines is 1. The first-order valence-corrected chi connectivity index (χ1v) is 12.1. The number of aliphatic hydroxyl groups is 1. The predicted octanol–water partition coefficient (Wildman–Crippen LogP) is 6.89. The van der Waals surface area contributed by atoms with Gasteiger partial charge in [0.05, 0.1) is 12.1 Å². The summed E-state index contributed by atoms with van der Waals surface area (Å²) in [6.07, 6.45) is 6.22. The zero-order chi connectivity index (χ0) is 23.0. The molecule has 3 aliphatic rings. The van der Waals surface area contributed by atoms with Crippen LogP contribution in [0.2, 0.25) is 0 Å². The zero-order valence-corrected chi connectivity index (χ0v) is 19.8. The van der Waals surface area contributed by atoms with Crippen LogP contribution in [0.15, 0.2) is 66.7 Å². The summed E-state index contributed by atoms with van der Waals surface area (Å²) in [7, 11) is 0. The first kappa shape index (κ1) is 20.7. The summed E-state index contributed by atoms with van der Waals surface area (Å²) in [5.74, 6) is -1.52. The molecule has 0 saturated heterocycles. The summed E-state index contributed by atoms with van der Waals surface area (Å²) in [5.41, 5.74) is 9.14. The van der Waals surface area contributed by atoms with Crippen LogP contribution in [0.1, 0.15) is 74.4 Å². The van der Waals surface area contributed by atoms with Crippen molar-refractivity contribution < 1.29 is 9.84 Å². The van der Waals surface area contributed by atoms with Gasteiger partial charge in [0.15, 0.2) is 0 Å². The molecular weight excluding hydrogens is 406 g/mol. The molecule has 33 heavy (non-hydrogen) atoms. The maximum atomic E-state index is 12.4. The van der Waals surface area contributed by atoms with E-state index in [9.17, 15) is 5.11 Å². The highest BCUT2D eigenvalue weighted by atomic mass is 16.7. The van der Waals surface area contributed by atoms with Gasteiger partial charge in [-0.3, -0.25) is 0 Å². The van der Waals surface area contributed by atoms with Crippen molar-refractivity contribution >= 4 is 11.8 Å². The highest BCUT2D eigenvalue weighted by Gasteiger charge is 2.53. The molecule has 1 aliphatic carbocycles. The van der Waals surface area contributed by atoms with Gasteiger partial charge in [0, 0.05) is 16.7 Å². The van der Waals surface area contributed by atoms with E-state index < -0.39 is 5.91 Å². The van der Waals surface area contributed by atoms with Crippen LogP contribution in [-0.4, -0.2) is 11.2 Å². The van der Waals surface area contributed by atoms with Crippen molar-refractivity contribution in [1.29, 1.82) is 0 Å². The molecule has 2 heterocycles. The fourth-order valence-corrected chi connectivity index (χ4v) is 6.16. The number of benzene rings is 3. The average Bonchev–Trinajstić information content (AvgIpc) is 3.19. The molecule has 0 spiro atoms. The summed E-state index contributed by atoms with van der Waals surface area (Å²) < 4.78 is 6.54. The Labute approximate surface area is 196 Å². The van der Waals surface area contributed by atoms with Gasteiger partial charge in [-0.15, -0.1) is 0 Å². The van der Waals surface area contributed by atoms with E-state index in [1.165, 1.54) is 22.3 Å².